The van der Waals surface area contributed by atoms with Crippen molar-refractivity contribution in [2.24, 2.45) is 0 Å². The van der Waals surface area contributed by atoms with Crippen molar-refractivity contribution in [2.75, 3.05) is 63.5 Å². The van der Waals surface area contributed by atoms with Crippen LogP contribution in [0.25, 0.3) is 64.6 Å². The van der Waals surface area contributed by atoms with Crippen molar-refractivity contribution in [3.8, 4) is 80.5 Å². The molecule has 0 aromatic heterocycles. The Kier molecular flexibility index (Phi) is 18.9. The van der Waals surface area contributed by atoms with Crippen LogP contribution in [0.1, 0.15) is 52.6 Å². The first-order valence-corrected chi connectivity index (χ1v) is 40.0. The summed E-state index contributed by atoms with van der Waals surface area (Å²) in [5, 5.41) is 31.5. The highest BCUT2D eigenvalue weighted by molar-refractivity contribution is 6.45. The molecule has 4 N–H and O–H groups in total. The molecule has 24 nitrogen and oxygen atoms in total. The SMILES string of the molecule is O=C(Nc1cccc2ccccc12)C(Cc1ccc(O)cc1)N1C(=O)c2cc(Oc3cccc(OCC4CO4)c3)c3c4c(Oc5cccc(OCC6CO6)c5)cc5c6c(cc(Oc7cccc(OCC8CO8)c7)c(c7c(Oc8cccc(OCC9CO9)c8)cc(c2c37)C1=O)c64)C(=O)N(C(Cc1ccc(O)cc1)C(=O)Nc1cccc2ccccc12)C5=O. The van der Waals surface area contributed by atoms with Gasteiger partial charge in [-0.25, -0.2) is 0 Å². The highest BCUT2D eigenvalue weighted by atomic mass is 16.6. The normalized spacial score (nSPS) is 17.2. The van der Waals surface area contributed by atoms with E-state index in [4.69, 9.17) is 56.8 Å². The van der Waals surface area contributed by atoms with Crippen LogP contribution in [-0.2, 0) is 41.4 Å². The Morgan fingerprint density at radius 3 is 0.893 bits per heavy atom. The molecule has 6 aliphatic heterocycles. The largest absolute Gasteiger partial charge is 0.508 e. The summed E-state index contributed by atoms with van der Waals surface area (Å²) in [6, 6.07) is 68.3. The summed E-state index contributed by atoms with van der Waals surface area (Å²) in [6.07, 6.45) is -1.08. The van der Waals surface area contributed by atoms with Crippen LogP contribution in [0.3, 0.4) is 0 Å². The van der Waals surface area contributed by atoms with Crippen LogP contribution < -0.4 is 48.5 Å². The van der Waals surface area contributed by atoms with E-state index in [9.17, 15) is 10.2 Å². The van der Waals surface area contributed by atoms with Crippen molar-refractivity contribution >= 4 is 111 Å². The quantitative estimate of drug-likeness (QED) is 0.0141. The first kappa shape index (κ1) is 74.7. The molecule has 604 valence electrons. The fraction of sp³-hybridized carbons (Fsp3) is 0.163. The van der Waals surface area contributed by atoms with Crippen molar-refractivity contribution in [1.82, 2.24) is 9.80 Å². The molecule has 6 atom stereocenters. The van der Waals surface area contributed by atoms with Gasteiger partial charge in [-0.15, -0.1) is 0 Å². The Bertz CT molecular complexity index is 6130. The van der Waals surface area contributed by atoms with Crippen LogP contribution in [0.4, 0.5) is 11.4 Å². The van der Waals surface area contributed by atoms with Gasteiger partial charge in [0.2, 0.25) is 11.8 Å². The Hall–Kier alpha value is -14.8. The number of phenolic OH excluding ortho intramolecular Hbond substituents is 2. The molecule has 0 aliphatic carbocycles. The van der Waals surface area contributed by atoms with E-state index in [0.29, 0.717) is 82.7 Å². The van der Waals surface area contributed by atoms with Gasteiger partial charge in [0, 0.05) is 102 Å². The Morgan fingerprint density at radius 2 is 0.598 bits per heavy atom. The van der Waals surface area contributed by atoms with Gasteiger partial charge in [-0.1, -0.05) is 121 Å². The number of nitrogens with zero attached hydrogens (tertiary/aromatic N) is 2. The third kappa shape index (κ3) is 14.6. The first-order chi connectivity index (χ1) is 59.7. The highest BCUT2D eigenvalue weighted by Crippen LogP contribution is 2.59. The standard InChI is InChI=1S/C98H72N4O20/c103-57-31-27-53(28-32-57)35-79(93(105)99-77-25-5-13-55-11-1-3-23-71(55)77)101-95(107)73-41-81(119-63-19-7-15-59(37-63)111-45-67-49-115-67)87-89-83(121-65-21-9-17-61(39-65)113-47-69-51-117-69)43-75-86-76(98(110)102(97(75)109)80(36-54-29-33-58(104)34-30-54)94(106)100-78-26-6-14-56-12-2-4-24-72(56)78)44-84(122-66-22-10-18-62(40-66)114-48-70-52-118-70)90(92(86)89)88-82(42-74(96(101)108)85(73)91(87)88)120-64-20-8-16-60(38-64)112-46-68-50-116-68/h1-34,37-44,67-70,79-80,103-104H,35-36,45-52H2,(H,99,105)(H,100,106). The zero-order chi connectivity index (χ0) is 82.4. The number of phenols is 2. The summed E-state index contributed by atoms with van der Waals surface area (Å²) in [6.45, 7) is 2.89. The predicted molar refractivity (Wildman–Crippen MR) is 452 cm³/mol. The van der Waals surface area contributed by atoms with Crippen molar-refractivity contribution < 1.29 is 95.8 Å². The summed E-state index contributed by atoms with van der Waals surface area (Å²) in [5.74, 6) is -3.23. The lowest BCUT2D eigenvalue weighted by molar-refractivity contribution is -0.120. The topological polar surface area (TPSA) is 297 Å². The van der Waals surface area contributed by atoms with Crippen LogP contribution in [-0.4, -0.2) is 145 Å². The lowest BCUT2D eigenvalue weighted by Gasteiger charge is -2.36. The van der Waals surface area contributed by atoms with Gasteiger partial charge in [0.05, 0.1) is 48.7 Å². The van der Waals surface area contributed by atoms with E-state index in [2.05, 4.69) is 10.6 Å². The second-order valence-corrected chi connectivity index (χ2v) is 30.8. The lowest BCUT2D eigenvalue weighted by Crippen LogP contribution is -2.53. The molecular formula is C98H72N4O20. The molecule has 6 aliphatic rings. The third-order valence-corrected chi connectivity index (χ3v) is 22.5. The average Bonchev–Trinajstić information content (AvgIpc) is 1.66. The fourth-order valence-corrected chi connectivity index (χ4v) is 16.3. The number of carbonyl (C=O) groups is 6. The number of imide groups is 2. The minimum atomic E-state index is -1.62. The van der Waals surface area contributed by atoms with E-state index in [0.717, 1.165) is 20.6 Å². The maximum Gasteiger partial charge on any atom is 0.262 e. The van der Waals surface area contributed by atoms with Gasteiger partial charge < -0.3 is 77.7 Å². The monoisotopic (exact) mass is 1620 g/mol. The molecule has 0 bridgehead atoms. The predicted octanol–water partition coefficient (Wildman–Crippen LogP) is 17.4. The molecule has 24 heteroatoms. The number of anilines is 2. The first-order valence-electron chi connectivity index (χ1n) is 40.0. The van der Waals surface area contributed by atoms with E-state index >= 15 is 28.8 Å². The van der Waals surface area contributed by atoms with Crippen molar-refractivity contribution in [3.05, 3.63) is 288 Å². The molecule has 6 unspecified atom stereocenters. The fourth-order valence-electron chi connectivity index (χ4n) is 16.3. The highest BCUT2D eigenvalue weighted by Gasteiger charge is 2.47. The number of rotatable bonds is 30. The molecule has 0 spiro atoms. The minimum absolute atomic E-state index is 0.0563. The number of carbonyl (C=O) groups excluding carboxylic acids is 6. The average molecular weight is 1630 g/mol. The zero-order valence-corrected chi connectivity index (χ0v) is 64.9. The van der Waals surface area contributed by atoms with Crippen molar-refractivity contribution in [2.45, 2.75) is 49.3 Å². The van der Waals surface area contributed by atoms with E-state index in [1.807, 2.05) is 60.7 Å². The summed E-state index contributed by atoms with van der Waals surface area (Å²) >= 11 is 0. The molecule has 0 radical (unpaired) electrons. The van der Waals surface area contributed by atoms with Crippen molar-refractivity contribution in [1.29, 1.82) is 0 Å². The number of aromatic hydroxyl groups is 2. The summed E-state index contributed by atoms with van der Waals surface area (Å²) in [5.41, 5.74) is 1.27. The Morgan fingerprint density at radius 1 is 0.328 bits per heavy atom. The molecule has 4 saturated heterocycles. The number of epoxide rings is 4. The maximum absolute atomic E-state index is 17.0. The Labute approximate surface area is 694 Å². The second-order valence-electron chi connectivity index (χ2n) is 30.8. The van der Waals surface area contributed by atoms with E-state index < -0.39 is 47.5 Å². The van der Waals surface area contributed by atoms with Gasteiger partial charge >= 0.3 is 0 Å². The molecule has 4 fully saturated rings. The van der Waals surface area contributed by atoms with Gasteiger partial charge in [0.1, 0.15) is 143 Å². The minimum Gasteiger partial charge on any atom is -0.508 e. The van der Waals surface area contributed by atoms with Gasteiger partial charge in [-0.3, -0.25) is 38.6 Å². The Balaban J connectivity index is 0.860. The molecular weight excluding hydrogens is 1550 g/mol. The summed E-state index contributed by atoms with van der Waals surface area (Å²) in [7, 11) is 0. The number of ether oxygens (including phenoxy) is 12. The lowest BCUT2D eigenvalue weighted by atomic mass is 9.80. The second kappa shape index (κ2) is 30.8. The number of hydrogen-bond acceptors (Lipinski definition) is 20. The van der Waals surface area contributed by atoms with Gasteiger partial charge in [0.25, 0.3) is 23.6 Å². The van der Waals surface area contributed by atoms with Gasteiger partial charge in [0.15, 0.2) is 0 Å². The van der Waals surface area contributed by atoms with Gasteiger partial charge in [-0.05, 0) is 131 Å². The van der Waals surface area contributed by atoms with Crippen LogP contribution in [0.15, 0.2) is 255 Å². The number of benzene rings is 15. The molecule has 15 aromatic carbocycles. The molecule has 21 rings (SSSR count). The molecule has 0 saturated carbocycles. The van der Waals surface area contributed by atoms with Crippen LogP contribution in [0, 0.1) is 0 Å². The van der Waals surface area contributed by atoms with Crippen LogP contribution >= 0.6 is 0 Å². The van der Waals surface area contributed by atoms with Crippen LogP contribution in [0.5, 0.6) is 80.5 Å². The number of hydrogen-bond donors (Lipinski definition) is 4. The summed E-state index contributed by atoms with van der Waals surface area (Å²) in [4.78, 5) is 102. The number of nitrogens with one attached hydrogen (secondary N) is 2. The van der Waals surface area contributed by atoms with E-state index in [-0.39, 0.29) is 187 Å². The molecule has 6 heterocycles. The molecule has 122 heavy (non-hydrogen) atoms. The van der Waals surface area contributed by atoms with Gasteiger partial charge in [-0.2, -0.15) is 0 Å². The number of fused-ring (bicyclic) bond motifs is 4. The molecule has 6 amide bonds. The van der Waals surface area contributed by atoms with E-state index in [1.54, 1.807) is 146 Å². The third-order valence-electron chi connectivity index (χ3n) is 22.5. The zero-order valence-electron chi connectivity index (χ0n) is 64.9. The maximum atomic E-state index is 17.0. The van der Waals surface area contributed by atoms with Crippen molar-refractivity contribution in [3.63, 3.8) is 0 Å². The van der Waals surface area contributed by atoms with Crippen LogP contribution in [0.2, 0.25) is 0 Å². The smallest absolute Gasteiger partial charge is 0.262 e. The molecule has 15 aromatic rings. The summed E-state index contributed by atoms with van der Waals surface area (Å²) < 4.78 is 77.2. The number of amides is 6. The van der Waals surface area contributed by atoms with E-state index in [1.165, 1.54) is 48.5 Å².